The zero-order chi connectivity index (χ0) is 14.3. The third-order valence-corrected chi connectivity index (χ3v) is 2.50. The van der Waals surface area contributed by atoms with Crippen molar-refractivity contribution in [3.8, 4) is 5.75 Å². The van der Waals surface area contributed by atoms with Crippen LogP contribution in [0.3, 0.4) is 0 Å². The van der Waals surface area contributed by atoms with Gasteiger partial charge < -0.3 is 9.84 Å². The van der Waals surface area contributed by atoms with Crippen LogP contribution in [0, 0.1) is 6.92 Å². The van der Waals surface area contributed by atoms with Crippen LogP contribution in [0.4, 0.5) is 0 Å². The van der Waals surface area contributed by atoms with Crippen LogP contribution in [0.15, 0.2) is 30.4 Å². The molecule has 0 saturated carbocycles. The van der Waals surface area contributed by atoms with Gasteiger partial charge in [-0.3, -0.25) is 4.79 Å². The maximum absolute atomic E-state index is 11.6. The van der Waals surface area contributed by atoms with E-state index in [9.17, 15) is 9.59 Å². The first-order valence-corrected chi connectivity index (χ1v) is 6.24. The summed E-state index contributed by atoms with van der Waals surface area (Å²) in [4.78, 5) is 22.6. The van der Waals surface area contributed by atoms with E-state index < -0.39 is 11.9 Å². The van der Waals surface area contributed by atoms with E-state index in [2.05, 4.69) is 6.92 Å². The van der Waals surface area contributed by atoms with Gasteiger partial charge in [-0.25, -0.2) is 4.79 Å². The molecule has 0 saturated heterocycles. The van der Waals surface area contributed by atoms with E-state index in [-0.39, 0.29) is 17.7 Å². The Balaban J connectivity index is 2.73. The maximum Gasteiger partial charge on any atom is 0.339 e. The Morgan fingerprint density at radius 3 is 2.68 bits per heavy atom. The number of benzene rings is 1. The Morgan fingerprint density at radius 1 is 1.32 bits per heavy atom. The lowest BCUT2D eigenvalue weighted by atomic mass is 10.1. The molecule has 19 heavy (non-hydrogen) atoms. The van der Waals surface area contributed by atoms with Crippen molar-refractivity contribution in [1.82, 2.24) is 0 Å². The third-order valence-electron chi connectivity index (χ3n) is 2.50. The molecule has 0 aromatic heterocycles. The predicted octanol–water partition coefficient (Wildman–Crippen LogP) is 3.35. The SMILES string of the molecule is CCC/C=C\CC(=O)Oc1cc(C)ccc1C(=O)O. The minimum Gasteiger partial charge on any atom is -0.478 e. The lowest BCUT2D eigenvalue weighted by molar-refractivity contribution is -0.133. The maximum atomic E-state index is 11.6. The van der Waals surface area contributed by atoms with Crippen molar-refractivity contribution < 1.29 is 19.4 Å². The van der Waals surface area contributed by atoms with Gasteiger partial charge in [0.2, 0.25) is 0 Å². The molecule has 102 valence electrons. The largest absolute Gasteiger partial charge is 0.478 e. The number of carbonyl (C=O) groups excluding carboxylic acids is 1. The Labute approximate surface area is 112 Å². The molecule has 0 heterocycles. The summed E-state index contributed by atoms with van der Waals surface area (Å²) in [6.45, 7) is 3.86. The Kier molecular flexibility index (Phi) is 5.79. The van der Waals surface area contributed by atoms with E-state index in [0.717, 1.165) is 18.4 Å². The molecule has 0 radical (unpaired) electrons. The zero-order valence-electron chi connectivity index (χ0n) is 11.2. The van der Waals surface area contributed by atoms with Crippen molar-refractivity contribution >= 4 is 11.9 Å². The Bertz CT molecular complexity index is 489. The molecule has 0 spiro atoms. The van der Waals surface area contributed by atoms with E-state index in [0.29, 0.717) is 0 Å². The second kappa shape index (κ2) is 7.36. The van der Waals surface area contributed by atoms with Crippen LogP contribution >= 0.6 is 0 Å². The number of allylic oxidation sites excluding steroid dienone is 1. The minimum absolute atomic E-state index is 0.00325. The van der Waals surface area contributed by atoms with Gasteiger partial charge in [0.05, 0.1) is 6.42 Å². The van der Waals surface area contributed by atoms with Crippen LogP contribution in [0.1, 0.15) is 42.1 Å². The number of unbranched alkanes of at least 4 members (excludes halogenated alkanes) is 1. The number of carbonyl (C=O) groups is 2. The molecule has 1 aromatic carbocycles. The van der Waals surface area contributed by atoms with Gasteiger partial charge in [-0.2, -0.15) is 0 Å². The standard InChI is InChI=1S/C15H18O4/c1-3-4-5-6-7-14(16)19-13-10-11(2)8-9-12(13)15(17)18/h5-6,8-10H,3-4,7H2,1-2H3,(H,17,18)/b6-5-. The molecule has 1 aromatic rings. The number of aromatic carboxylic acids is 1. The number of hydrogen-bond donors (Lipinski definition) is 1. The topological polar surface area (TPSA) is 63.6 Å². The molecule has 0 aliphatic heterocycles. The van der Waals surface area contributed by atoms with Crippen molar-refractivity contribution in [3.63, 3.8) is 0 Å². The van der Waals surface area contributed by atoms with Crippen LogP contribution in [-0.4, -0.2) is 17.0 Å². The van der Waals surface area contributed by atoms with Crippen molar-refractivity contribution in [3.05, 3.63) is 41.5 Å². The van der Waals surface area contributed by atoms with Gasteiger partial charge in [-0.15, -0.1) is 0 Å². The molecule has 0 amide bonds. The highest BCUT2D eigenvalue weighted by atomic mass is 16.5. The number of esters is 1. The molecule has 0 fully saturated rings. The fraction of sp³-hybridized carbons (Fsp3) is 0.333. The number of carboxylic acid groups (broad SMARTS) is 1. The molecule has 1 rings (SSSR count). The van der Waals surface area contributed by atoms with Crippen molar-refractivity contribution in [2.45, 2.75) is 33.1 Å². The lowest BCUT2D eigenvalue weighted by Gasteiger charge is -2.07. The van der Waals surface area contributed by atoms with Crippen molar-refractivity contribution in [2.24, 2.45) is 0 Å². The average molecular weight is 262 g/mol. The highest BCUT2D eigenvalue weighted by Crippen LogP contribution is 2.20. The van der Waals surface area contributed by atoms with Gasteiger partial charge in [0.25, 0.3) is 0 Å². The molecule has 0 aliphatic carbocycles. The highest BCUT2D eigenvalue weighted by molar-refractivity contribution is 5.92. The number of rotatable bonds is 6. The second-order valence-corrected chi connectivity index (χ2v) is 4.24. The highest BCUT2D eigenvalue weighted by Gasteiger charge is 2.13. The quantitative estimate of drug-likeness (QED) is 0.485. The van der Waals surface area contributed by atoms with E-state index in [1.165, 1.54) is 6.07 Å². The van der Waals surface area contributed by atoms with E-state index in [4.69, 9.17) is 9.84 Å². The summed E-state index contributed by atoms with van der Waals surface area (Å²) < 4.78 is 5.10. The summed E-state index contributed by atoms with van der Waals surface area (Å²) in [5.41, 5.74) is 0.839. The smallest absolute Gasteiger partial charge is 0.339 e. The summed E-state index contributed by atoms with van der Waals surface area (Å²) in [5, 5.41) is 9.01. The van der Waals surface area contributed by atoms with E-state index in [1.807, 2.05) is 13.0 Å². The van der Waals surface area contributed by atoms with Crippen LogP contribution in [-0.2, 0) is 4.79 Å². The predicted molar refractivity (Wildman–Crippen MR) is 72.4 cm³/mol. The van der Waals surface area contributed by atoms with Gasteiger partial charge in [0.15, 0.2) is 0 Å². The number of aryl methyl sites for hydroxylation is 1. The fourth-order valence-corrected chi connectivity index (χ4v) is 1.52. The first-order valence-electron chi connectivity index (χ1n) is 6.24. The second-order valence-electron chi connectivity index (χ2n) is 4.24. The molecule has 0 aliphatic rings. The van der Waals surface area contributed by atoms with Crippen LogP contribution in [0.2, 0.25) is 0 Å². The zero-order valence-corrected chi connectivity index (χ0v) is 11.2. The van der Waals surface area contributed by atoms with Crippen LogP contribution < -0.4 is 4.74 Å². The average Bonchev–Trinajstić information content (AvgIpc) is 2.34. The molecule has 4 heteroatoms. The minimum atomic E-state index is -1.11. The van der Waals surface area contributed by atoms with E-state index >= 15 is 0 Å². The summed E-state index contributed by atoms with van der Waals surface area (Å²) in [6, 6.07) is 4.66. The summed E-state index contributed by atoms with van der Waals surface area (Å²) in [6.07, 6.45) is 5.73. The molecule has 0 unspecified atom stereocenters. The first kappa shape index (κ1) is 15.0. The van der Waals surface area contributed by atoms with Crippen LogP contribution in [0.25, 0.3) is 0 Å². The summed E-state index contributed by atoms with van der Waals surface area (Å²) in [7, 11) is 0. The molecule has 0 bridgehead atoms. The molecule has 1 N–H and O–H groups in total. The lowest BCUT2D eigenvalue weighted by Crippen LogP contribution is -2.10. The molecule has 4 nitrogen and oxygen atoms in total. The number of ether oxygens (including phenoxy) is 1. The normalized spacial score (nSPS) is 10.6. The monoisotopic (exact) mass is 262 g/mol. The first-order chi connectivity index (χ1) is 9.04. The van der Waals surface area contributed by atoms with Gasteiger partial charge in [-0.05, 0) is 31.0 Å². The Morgan fingerprint density at radius 2 is 2.05 bits per heavy atom. The van der Waals surface area contributed by atoms with Crippen molar-refractivity contribution in [1.29, 1.82) is 0 Å². The molecular formula is C15H18O4. The number of hydrogen-bond acceptors (Lipinski definition) is 3. The third kappa shape index (κ3) is 4.95. The van der Waals surface area contributed by atoms with Gasteiger partial charge in [0, 0.05) is 0 Å². The van der Waals surface area contributed by atoms with Gasteiger partial charge in [0.1, 0.15) is 11.3 Å². The Hall–Kier alpha value is -2.10. The fourth-order valence-electron chi connectivity index (χ4n) is 1.52. The van der Waals surface area contributed by atoms with Crippen molar-refractivity contribution in [2.75, 3.05) is 0 Å². The van der Waals surface area contributed by atoms with Gasteiger partial charge in [-0.1, -0.05) is 31.6 Å². The van der Waals surface area contributed by atoms with Gasteiger partial charge >= 0.3 is 11.9 Å². The summed E-state index contributed by atoms with van der Waals surface area (Å²) in [5.74, 6) is -1.47. The van der Waals surface area contributed by atoms with E-state index in [1.54, 1.807) is 18.2 Å². The number of carboxylic acids is 1. The van der Waals surface area contributed by atoms with Crippen LogP contribution in [0.5, 0.6) is 5.75 Å². The molecular weight excluding hydrogens is 244 g/mol. The summed E-state index contributed by atoms with van der Waals surface area (Å²) >= 11 is 0. The molecule has 0 atom stereocenters.